The molecule has 1 aliphatic heterocycles. The van der Waals surface area contributed by atoms with Crippen molar-refractivity contribution in [1.82, 2.24) is 4.90 Å². The van der Waals surface area contributed by atoms with Crippen molar-refractivity contribution in [1.29, 1.82) is 5.26 Å². The van der Waals surface area contributed by atoms with Gasteiger partial charge in [0.15, 0.2) is 0 Å². The molecule has 0 saturated carbocycles. The highest BCUT2D eigenvalue weighted by Gasteiger charge is 2.21. The predicted molar refractivity (Wildman–Crippen MR) is 48.4 cm³/mol. The van der Waals surface area contributed by atoms with Gasteiger partial charge in [-0.25, -0.2) is 0 Å². The lowest BCUT2D eigenvalue weighted by atomic mass is 9.93. The van der Waals surface area contributed by atoms with E-state index in [1.807, 2.05) is 0 Å². The smallest absolute Gasteiger partial charge is 0.0625 e. The normalized spacial score (nSPS) is 32.4. The fourth-order valence-electron chi connectivity index (χ4n) is 1.69. The quantitative estimate of drug-likeness (QED) is 0.621. The maximum Gasteiger partial charge on any atom is 0.0625 e. The van der Waals surface area contributed by atoms with Crippen molar-refractivity contribution in [3.8, 4) is 6.07 Å². The zero-order chi connectivity index (χ0) is 8.97. The van der Waals surface area contributed by atoms with Gasteiger partial charge < -0.3 is 10.6 Å². The summed E-state index contributed by atoms with van der Waals surface area (Å²) in [4.78, 5) is 2.29. The largest absolute Gasteiger partial charge is 0.327 e. The number of rotatable bonds is 1. The average Bonchev–Trinajstić information content (AvgIpc) is 2.20. The summed E-state index contributed by atoms with van der Waals surface area (Å²) >= 11 is 0. The van der Waals surface area contributed by atoms with Crippen LogP contribution in [0, 0.1) is 17.2 Å². The van der Waals surface area contributed by atoms with Crippen LogP contribution in [-0.2, 0) is 0 Å². The first-order chi connectivity index (χ1) is 5.74. The molecule has 1 aliphatic rings. The van der Waals surface area contributed by atoms with Crippen LogP contribution in [0.25, 0.3) is 0 Å². The Hall–Kier alpha value is -0.590. The molecule has 2 unspecified atom stereocenters. The van der Waals surface area contributed by atoms with E-state index in [9.17, 15) is 0 Å². The summed E-state index contributed by atoms with van der Waals surface area (Å²) in [6.07, 6.45) is 2.73. The molecule has 68 valence electrons. The second-order valence-corrected chi connectivity index (χ2v) is 3.67. The standard InChI is InChI=1S/C9H17N3/c1-12-6-3-8(2-5-10)9(11)4-7-12/h8-9H,2-4,6-7,11H2,1H3. The number of likely N-dealkylation sites (tertiary alicyclic amines) is 1. The van der Waals surface area contributed by atoms with Crippen molar-refractivity contribution >= 4 is 0 Å². The molecule has 0 bridgehead atoms. The van der Waals surface area contributed by atoms with Gasteiger partial charge in [0.25, 0.3) is 0 Å². The summed E-state index contributed by atoms with van der Waals surface area (Å²) in [5.41, 5.74) is 5.95. The fourth-order valence-corrected chi connectivity index (χ4v) is 1.69. The lowest BCUT2D eigenvalue weighted by Gasteiger charge is -2.16. The molecule has 0 aliphatic carbocycles. The Morgan fingerprint density at radius 2 is 2.17 bits per heavy atom. The van der Waals surface area contributed by atoms with E-state index in [4.69, 9.17) is 11.0 Å². The Morgan fingerprint density at radius 3 is 2.83 bits per heavy atom. The minimum Gasteiger partial charge on any atom is -0.327 e. The molecule has 1 heterocycles. The van der Waals surface area contributed by atoms with Crippen LogP contribution in [-0.4, -0.2) is 31.1 Å². The van der Waals surface area contributed by atoms with Gasteiger partial charge in [-0.2, -0.15) is 5.26 Å². The van der Waals surface area contributed by atoms with Crippen LogP contribution in [0.4, 0.5) is 0 Å². The minimum atomic E-state index is 0.231. The molecule has 3 nitrogen and oxygen atoms in total. The van der Waals surface area contributed by atoms with E-state index in [0.717, 1.165) is 25.9 Å². The molecule has 0 spiro atoms. The van der Waals surface area contributed by atoms with Gasteiger partial charge in [0.2, 0.25) is 0 Å². The molecule has 1 rings (SSSR count). The number of hydrogen-bond donors (Lipinski definition) is 1. The SMILES string of the molecule is CN1CCC(N)C(CC#N)CC1. The Bertz CT molecular complexity index is 173. The van der Waals surface area contributed by atoms with E-state index >= 15 is 0 Å². The number of nitrogens with two attached hydrogens (primary N) is 1. The first-order valence-electron chi connectivity index (χ1n) is 4.55. The Balaban J connectivity index is 2.45. The molecule has 2 N–H and O–H groups in total. The van der Waals surface area contributed by atoms with E-state index < -0.39 is 0 Å². The zero-order valence-corrected chi connectivity index (χ0v) is 7.66. The summed E-state index contributed by atoms with van der Waals surface area (Å²) in [7, 11) is 2.11. The lowest BCUT2D eigenvalue weighted by molar-refractivity contribution is 0.342. The van der Waals surface area contributed by atoms with E-state index in [1.54, 1.807) is 0 Å². The summed E-state index contributed by atoms with van der Waals surface area (Å²) < 4.78 is 0. The first kappa shape index (κ1) is 9.50. The van der Waals surface area contributed by atoms with Gasteiger partial charge in [0.1, 0.15) is 0 Å². The molecule has 3 heteroatoms. The van der Waals surface area contributed by atoms with E-state index in [0.29, 0.717) is 12.3 Å². The summed E-state index contributed by atoms with van der Waals surface area (Å²) in [5, 5.41) is 8.57. The zero-order valence-electron chi connectivity index (χ0n) is 7.66. The van der Waals surface area contributed by atoms with Gasteiger partial charge in [-0.1, -0.05) is 0 Å². The fraction of sp³-hybridized carbons (Fsp3) is 0.889. The monoisotopic (exact) mass is 167 g/mol. The van der Waals surface area contributed by atoms with Gasteiger partial charge in [-0.3, -0.25) is 0 Å². The highest BCUT2D eigenvalue weighted by molar-refractivity contribution is 4.85. The third kappa shape index (κ3) is 2.47. The molecule has 1 fully saturated rings. The molecule has 1 saturated heterocycles. The third-order valence-electron chi connectivity index (χ3n) is 2.68. The Morgan fingerprint density at radius 1 is 1.50 bits per heavy atom. The van der Waals surface area contributed by atoms with Crippen LogP contribution in [0.1, 0.15) is 19.3 Å². The van der Waals surface area contributed by atoms with Crippen LogP contribution >= 0.6 is 0 Å². The van der Waals surface area contributed by atoms with Gasteiger partial charge in [-0.05, 0) is 38.9 Å². The van der Waals surface area contributed by atoms with Gasteiger partial charge in [-0.15, -0.1) is 0 Å². The molecule has 0 aromatic rings. The van der Waals surface area contributed by atoms with Crippen molar-refractivity contribution in [3.05, 3.63) is 0 Å². The molecule has 0 amide bonds. The van der Waals surface area contributed by atoms with E-state index in [1.165, 1.54) is 0 Å². The van der Waals surface area contributed by atoms with Crippen LogP contribution in [0.2, 0.25) is 0 Å². The summed E-state index contributed by atoms with van der Waals surface area (Å²) in [5.74, 6) is 0.417. The first-order valence-corrected chi connectivity index (χ1v) is 4.55. The Kier molecular flexibility index (Phi) is 3.51. The van der Waals surface area contributed by atoms with Crippen molar-refractivity contribution in [3.63, 3.8) is 0 Å². The van der Waals surface area contributed by atoms with Crippen molar-refractivity contribution in [2.75, 3.05) is 20.1 Å². The van der Waals surface area contributed by atoms with Crippen LogP contribution in [0.15, 0.2) is 0 Å². The second-order valence-electron chi connectivity index (χ2n) is 3.67. The molecule has 0 aromatic heterocycles. The maximum absolute atomic E-state index is 8.57. The van der Waals surface area contributed by atoms with Crippen molar-refractivity contribution in [2.45, 2.75) is 25.3 Å². The van der Waals surface area contributed by atoms with E-state index in [-0.39, 0.29) is 6.04 Å². The molecular weight excluding hydrogens is 150 g/mol. The minimum absolute atomic E-state index is 0.231. The second kappa shape index (κ2) is 4.44. The highest BCUT2D eigenvalue weighted by Crippen LogP contribution is 2.18. The summed E-state index contributed by atoms with van der Waals surface area (Å²) in [6.45, 7) is 2.16. The number of nitrogens with zero attached hydrogens (tertiary/aromatic N) is 2. The molecule has 0 aromatic carbocycles. The highest BCUT2D eigenvalue weighted by atomic mass is 15.1. The summed E-state index contributed by atoms with van der Waals surface area (Å²) in [6, 6.07) is 2.44. The molecule has 2 atom stereocenters. The molecular formula is C9H17N3. The van der Waals surface area contributed by atoms with Crippen molar-refractivity contribution in [2.24, 2.45) is 11.7 Å². The Labute approximate surface area is 74.1 Å². The molecule has 0 radical (unpaired) electrons. The lowest BCUT2D eigenvalue weighted by Crippen LogP contribution is -2.29. The average molecular weight is 167 g/mol. The van der Waals surface area contributed by atoms with Gasteiger partial charge in [0.05, 0.1) is 6.07 Å². The third-order valence-corrected chi connectivity index (χ3v) is 2.68. The molecule has 12 heavy (non-hydrogen) atoms. The maximum atomic E-state index is 8.57. The topological polar surface area (TPSA) is 53.0 Å². The van der Waals surface area contributed by atoms with E-state index in [2.05, 4.69) is 18.0 Å². The van der Waals surface area contributed by atoms with Gasteiger partial charge in [0, 0.05) is 12.5 Å². The predicted octanol–water partition coefficient (Wildman–Crippen LogP) is 0.569. The number of nitriles is 1. The van der Waals surface area contributed by atoms with Crippen LogP contribution < -0.4 is 5.73 Å². The van der Waals surface area contributed by atoms with Gasteiger partial charge >= 0.3 is 0 Å². The number of hydrogen-bond acceptors (Lipinski definition) is 3. The van der Waals surface area contributed by atoms with Crippen LogP contribution in [0.5, 0.6) is 0 Å². The van der Waals surface area contributed by atoms with Crippen LogP contribution in [0.3, 0.4) is 0 Å². The van der Waals surface area contributed by atoms with Crippen molar-refractivity contribution < 1.29 is 0 Å².